The lowest BCUT2D eigenvalue weighted by Crippen LogP contribution is -2.56. The number of furan rings is 1. The van der Waals surface area contributed by atoms with Crippen molar-refractivity contribution in [1.82, 2.24) is 0 Å². The second kappa shape index (κ2) is 4.97. The van der Waals surface area contributed by atoms with E-state index >= 15 is 0 Å². The molecule has 6 atom stereocenters. The summed E-state index contributed by atoms with van der Waals surface area (Å²) in [7, 11) is 0. The molecular formula is C19H20O6. The Kier molecular flexibility index (Phi) is 3.02. The highest BCUT2D eigenvalue weighted by Crippen LogP contribution is 2.62. The fourth-order valence-electron chi connectivity index (χ4n) is 5.48. The lowest BCUT2D eigenvalue weighted by Gasteiger charge is -2.49. The molecular weight excluding hydrogens is 324 g/mol. The normalized spacial score (nSPS) is 42.6. The fourth-order valence-corrected chi connectivity index (χ4v) is 5.48. The Balaban J connectivity index is 1.63. The summed E-state index contributed by atoms with van der Waals surface area (Å²) in [6, 6.07) is 1.80. The second-order valence-electron chi connectivity index (χ2n) is 7.68. The first-order valence-corrected chi connectivity index (χ1v) is 8.89. The molecule has 6 heteroatoms. The Morgan fingerprint density at radius 1 is 1.28 bits per heavy atom. The van der Waals surface area contributed by atoms with Gasteiger partial charge in [-0.15, -0.1) is 0 Å². The summed E-state index contributed by atoms with van der Waals surface area (Å²) in [5.41, 5.74) is 1.54. The maximum Gasteiger partial charge on any atom is 0.334 e. The van der Waals surface area contributed by atoms with Crippen molar-refractivity contribution in [2.24, 2.45) is 17.3 Å². The average Bonchev–Trinajstić information content (AvgIpc) is 3.31. The number of cyclic esters (lactones) is 1. The van der Waals surface area contributed by atoms with E-state index in [1.165, 1.54) is 0 Å². The highest BCUT2D eigenvalue weighted by Gasteiger charge is 2.67. The Hall–Kier alpha value is -2.08. The molecule has 1 aromatic rings. The topological polar surface area (TPSA) is 86.0 Å². The van der Waals surface area contributed by atoms with Crippen LogP contribution in [0.15, 0.2) is 34.2 Å². The van der Waals surface area contributed by atoms with Crippen molar-refractivity contribution in [3.05, 3.63) is 35.3 Å². The minimum Gasteiger partial charge on any atom is -0.472 e. The number of ether oxygens (including phenoxy) is 2. The summed E-state index contributed by atoms with van der Waals surface area (Å²) in [5.74, 6) is -1.05. The van der Waals surface area contributed by atoms with E-state index in [4.69, 9.17) is 13.9 Å². The van der Waals surface area contributed by atoms with Gasteiger partial charge >= 0.3 is 11.9 Å². The van der Waals surface area contributed by atoms with Gasteiger partial charge in [-0.2, -0.15) is 0 Å². The molecule has 132 valence electrons. The van der Waals surface area contributed by atoms with Gasteiger partial charge in [0.1, 0.15) is 6.10 Å². The van der Waals surface area contributed by atoms with Crippen LogP contribution in [0.4, 0.5) is 0 Å². The number of fused-ring (bicyclic) bond motifs is 1. The number of hydrogen-bond acceptors (Lipinski definition) is 6. The SMILES string of the molecule is C[C@@H]1[C@H](O)[C@H]2OC(=O)C3=C2[C@H](CCC3)[C@@]12C[C@@H](c1ccoc1)OC2=O. The van der Waals surface area contributed by atoms with Gasteiger partial charge in [0.05, 0.1) is 24.0 Å². The summed E-state index contributed by atoms with van der Waals surface area (Å²) in [6.45, 7) is 1.88. The van der Waals surface area contributed by atoms with Gasteiger partial charge in [-0.25, -0.2) is 4.79 Å². The Bertz CT molecular complexity index is 778. The third-order valence-electron chi connectivity index (χ3n) is 6.75. The molecule has 0 aromatic carbocycles. The van der Waals surface area contributed by atoms with Crippen molar-refractivity contribution in [3.8, 4) is 0 Å². The largest absolute Gasteiger partial charge is 0.472 e. The lowest BCUT2D eigenvalue weighted by molar-refractivity contribution is -0.166. The minimum atomic E-state index is -0.888. The van der Waals surface area contributed by atoms with Crippen LogP contribution in [0.1, 0.15) is 44.3 Å². The van der Waals surface area contributed by atoms with E-state index in [2.05, 4.69) is 0 Å². The molecule has 1 aromatic heterocycles. The van der Waals surface area contributed by atoms with E-state index in [-0.39, 0.29) is 29.9 Å². The van der Waals surface area contributed by atoms with Crippen molar-refractivity contribution in [2.45, 2.75) is 50.9 Å². The average molecular weight is 344 g/mol. The summed E-state index contributed by atoms with van der Waals surface area (Å²) in [6.07, 6.45) is 4.11. The quantitative estimate of drug-likeness (QED) is 0.787. The molecule has 1 spiro atoms. The van der Waals surface area contributed by atoms with Crippen LogP contribution in [0, 0.1) is 17.3 Å². The Labute approximate surface area is 144 Å². The van der Waals surface area contributed by atoms with Gasteiger partial charge in [0.2, 0.25) is 0 Å². The molecule has 3 heterocycles. The molecule has 0 bridgehead atoms. The number of esters is 2. The van der Waals surface area contributed by atoms with Crippen molar-refractivity contribution < 1.29 is 28.6 Å². The maximum atomic E-state index is 13.1. The molecule has 1 saturated heterocycles. The number of rotatable bonds is 1. The van der Waals surface area contributed by atoms with Crippen LogP contribution >= 0.6 is 0 Å². The van der Waals surface area contributed by atoms with Crippen molar-refractivity contribution in [2.75, 3.05) is 0 Å². The van der Waals surface area contributed by atoms with E-state index in [0.29, 0.717) is 18.4 Å². The van der Waals surface area contributed by atoms with Crippen LogP contribution in [0.25, 0.3) is 0 Å². The van der Waals surface area contributed by atoms with Gasteiger partial charge in [0, 0.05) is 29.4 Å². The number of aliphatic hydroxyl groups excluding tert-OH is 1. The van der Waals surface area contributed by atoms with Crippen molar-refractivity contribution in [1.29, 1.82) is 0 Å². The molecule has 0 radical (unpaired) electrons. The van der Waals surface area contributed by atoms with E-state index in [1.807, 2.05) is 6.92 Å². The van der Waals surface area contributed by atoms with Crippen LogP contribution < -0.4 is 0 Å². The number of carbonyl (C=O) groups is 2. The first-order chi connectivity index (χ1) is 12.0. The van der Waals surface area contributed by atoms with Crippen molar-refractivity contribution in [3.63, 3.8) is 0 Å². The van der Waals surface area contributed by atoms with E-state index in [1.54, 1.807) is 18.6 Å². The summed E-state index contributed by atoms with van der Waals surface area (Å²) in [5, 5.41) is 10.8. The molecule has 0 amide bonds. The zero-order chi connectivity index (χ0) is 17.3. The third kappa shape index (κ3) is 1.78. The first kappa shape index (κ1) is 15.2. The van der Waals surface area contributed by atoms with Gasteiger partial charge in [-0.3, -0.25) is 4.79 Å². The second-order valence-corrected chi connectivity index (χ2v) is 7.68. The highest BCUT2D eigenvalue weighted by atomic mass is 16.6. The van der Waals surface area contributed by atoms with Gasteiger partial charge in [0.15, 0.2) is 6.10 Å². The maximum absolute atomic E-state index is 13.1. The Morgan fingerprint density at radius 2 is 2.12 bits per heavy atom. The van der Waals surface area contributed by atoms with Crippen LogP contribution in [-0.2, 0) is 19.1 Å². The predicted molar refractivity (Wildman–Crippen MR) is 84.0 cm³/mol. The van der Waals surface area contributed by atoms with Crippen LogP contribution in [-0.4, -0.2) is 29.3 Å². The zero-order valence-electron chi connectivity index (χ0n) is 13.9. The smallest absolute Gasteiger partial charge is 0.334 e. The third-order valence-corrected chi connectivity index (χ3v) is 6.75. The number of hydrogen-bond donors (Lipinski definition) is 1. The molecule has 2 aliphatic heterocycles. The number of carbonyl (C=O) groups excluding carboxylic acids is 2. The van der Waals surface area contributed by atoms with E-state index in [0.717, 1.165) is 24.0 Å². The van der Waals surface area contributed by atoms with Gasteiger partial charge in [-0.05, 0) is 30.9 Å². The van der Waals surface area contributed by atoms with Crippen LogP contribution in [0.5, 0.6) is 0 Å². The minimum absolute atomic E-state index is 0.101. The monoisotopic (exact) mass is 344 g/mol. The molecule has 25 heavy (non-hydrogen) atoms. The zero-order valence-corrected chi connectivity index (χ0v) is 13.9. The Morgan fingerprint density at radius 3 is 2.88 bits per heavy atom. The predicted octanol–water partition coefficient (Wildman–Crippen LogP) is 2.29. The first-order valence-electron chi connectivity index (χ1n) is 8.89. The summed E-state index contributed by atoms with van der Waals surface area (Å²) >= 11 is 0. The fraction of sp³-hybridized carbons (Fsp3) is 0.579. The summed E-state index contributed by atoms with van der Waals surface area (Å²) in [4.78, 5) is 25.3. The molecule has 1 N–H and O–H groups in total. The van der Waals surface area contributed by atoms with E-state index < -0.39 is 17.6 Å². The molecule has 2 fully saturated rings. The van der Waals surface area contributed by atoms with Crippen LogP contribution in [0.3, 0.4) is 0 Å². The van der Waals surface area contributed by atoms with Gasteiger partial charge in [-0.1, -0.05) is 6.92 Å². The molecule has 1 saturated carbocycles. The van der Waals surface area contributed by atoms with Crippen molar-refractivity contribution >= 4 is 11.9 Å². The molecule has 4 aliphatic rings. The lowest BCUT2D eigenvalue weighted by atomic mass is 9.53. The van der Waals surface area contributed by atoms with E-state index in [9.17, 15) is 14.7 Å². The molecule has 5 rings (SSSR count). The molecule has 2 aliphatic carbocycles. The number of aliphatic hydroxyl groups is 1. The van der Waals surface area contributed by atoms with Crippen LogP contribution in [0.2, 0.25) is 0 Å². The standard InChI is InChI=1S/C19H20O6/c1-9-15(20)16-14-11(17(21)25-16)3-2-4-12(14)19(9)7-13(24-18(19)22)10-5-6-23-8-10/h5-6,8-9,12-13,15-16,20H,2-4,7H2,1H3/t9-,12+,13+,15+,16+,19-/m1/s1. The summed E-state index contributed by atoms with van der Waals surface area (Å²) < 4.78 is 16.3. The highest BCUT2D eigenvalue weighted by molar-refractivity contribution is 5.94. The molecule has 0 unspecified atom stereocenters. The van der Waals surface area contributed by atoms with Gasteiger partial charge in [0.25, 0.3) is 0 Å². The molecule has 6 nitrogen and oxygen atoms in total. The van der Waals surface area contributed by atoms with Gasteiger partial charge < -0.3 is 19.0 Å².